The van der Waals surface area contributed by atoms with E-state index in [2.05, 4.69) is 10.4 Å². The van der Waals surface area contributed by atoms with Crippen molar-refractivity contribution in [1.29, 1.82) is 0 Å². The molecule has 0 radical (unpaired) electrons. The van der Waals surface area contributed by atoms with Gasteiger partial charge < -0.3 is 10.1 Å². The van der Waals surface area contributed by atoms with Gasteiger partial charge in [-0.1, -0.05) is 30.3 Å². The van der Waals surface area contributed by atoms with Gasteiger partial charge in [0.05, 0.1) is 12.8 Å². The normalized spacial score (nSPS) is 17.5. The molecule has 2 aliphatic rings. The number of urea groups is 1. The zero-order valence-corrected chi connectivity index (χ0v) is 13.1. The van der Waals surface area contributed by atoms with Crippen molar-refractivity contribution in [2.75, 3.05) is 17.4 Å². The first kappa shape index (κ1) is 14.3. The van der Waals surface area contributed by atoms with Crippen molar-refractivity contribution in [2.45, 2.75) is 6.04 Å². The van der Waals surface area contributed by atoms with Crippen LogP contribution in [0.5, 0.6) is 5.75 Å². The molecule has 0 aliphatic carbocycles. The molecule has 2 amide bonds. The summed E-state index contributed by atoms with van der Waals surface area (Å²) in [5.74, 6) is 0.687. The largest absolute Gasteiger partial charge is 0.497 e. The fourth-order valence-corrected chi connectivity index (χ4v) is 2.94. The summed E-state index contributed by atoms with van der Waals surface area (Å²) in [6.07, 6.45) is 5.58. The van der Waals surface area contributed by atoms with E-state index in [1.54, 1.807) is 29.5 Å². The van der Waals surface area contributed by atoms with E-state index >= 15 is 0 Å². The average molecular weight is 320 g/mol. The maximum Gasteiger partial charge on any atom is 0.346 e. The molecule has 2 aromatic carbocycles. The van der Waals surface area contributed by atoms with E-state index in [1.165, 1.54) is 0 Å². The van der Waals surface area contributed by atoms with E-state index in [0.29, 0.717) is 11.4 Å². The number of benzene rings is 2. The molecule has 0 spiro atoms. The number of carbonyl (C=O) groups excluding carboxylic acids is 1. The lowest BCUT2D eigenvalue weighted by atomic mass is 10.1. The lowest BCUT2D eigenvalue weighted by molar-refractivity contribution is 0.216. The molecule has 0 aromatic heterocycles. The summed E-state index contributed by atoms with van der Waals surface area (Å²) >= 11 is 0. The maximum atomic E-state index is 12.9. The molecule has 120 valence electrons. The predicted octanol–water partition coefficient (Wildman–Crippen LogP) is 3.56. The number of rotatable bonds is 2. The Labute approximate surface area is 139 Å². The highest BCUT2D eigenvalue weighted by molar-refractivity contribution is 6.02. The SMILES string of the molecule is COc1cccc(NC(=O)N2c3ccccc3C3C=CC=NN32)c1. The number of amides is 2. The van der Waals surface area contributed by atoms with Crippen LogP contribution in [0.1, 0.15) is 11.6 Å². The number of ether oxygens (including phenoxy) is 1. The highest BCUT2D eigenvalue weighted by Gasteiger charge is 2.38. The van der Waals surface area contributed by atoms with Gasteiger partial charge in [0, 0.05) is 23.5 Å². The third-order valence-electron chi connectivity index (χ3n) is 4.02. The number of fused-ring (bicyclic) bond motifs is 3. The molecule has 0 saturated heterocycles. The van der Waals surface area contributed by atoms with Crippen LogP contribution in [0.15, 0.2) is 65.8 Å². The number of carbonyl (C=O) groups is 1. The fraction of sp³-hybridized carbons (Fsp3) is 0.111. The number of methoxy groups -OCH3 is 1. The number of hydrazine groups is 1. The molecule has 0 bridgehead atoms. The molecule has 2 heterocycles. The Kier molecular flexibility index (Phi) is 3.42. The van der Waals surface area contributed by atoms with E-state index in [9.17, 15) is 4.79 Å². The summed E-state index contributed by atoms with van der Waals surface area (Å²) < 4.78 is 5.20. The van der Waals surface area contributed by atoms with Crippen molar-refractivity contribution < 1.29 is 9.53 Å². The molecule has 1 atom stereocenters. The first-order valence-electron chi connectivity index (χ1n) is 7.62. The number of nitrogens with zero attached hydrogens (tertiary/aromatic N) is 3. The Morgan fingerprint density at radius 2 is 2.08 bits per heavy atom. The fourth-order valence-electron chi connectivity index (χ4n) is 2.94. The van der Waals surface area contributed by atoms with E-state index < -0.39 is 0 Å². The zero-order valence-electron chi connectivity index (χ0n) is 13.1. The molecular formula is C18H16N4O2. The Bertz CT molecular complexity index is 846. The van der Waals surface area contributed by atoms with Crippen LogP contribution in [-0.2, 0) is 0 Å². The van der Waals surface area contributed by atoms with E-state index in [-0.39, 0.29) is 12.1 Å². The van der Waals surface area contributed by atoms with Gasteiger partial charge in [-0.2, -0.15) is 15.2 Å². The molecule has 4 rings (SSSR count). The number of hydrazone groups is 1. The Morgan fingerprint density at radius 3 is 2.96 bits per heavy atom. The van der Waals surface area contributed by atoms with Crippen LogP contribution in [-0.4, -0.2) is 24.5 Å². The van der Waals surface area contributed by atoms with Crippen LogP contribution < -0.4 is 15.1 Å². The molecule has 1 unspecified atom stereocenters. The van der Waals surface area contributed by atoms with E-state index in [0.717, 1.165) is 11.3 Å². The van der Waals surface area contributed by atoms with Crippen LogP contribution >= 0.6 is 0 Å². The maximum absolute atomic E-state index is 12.9. The van der Waals surface area contributed by atoms with Crippen molar-refractivity contribution >= 4 is 23.6 Å². The van der Waals surface area contributed by atoms with Crippen molar-refractivity contribution in [2.24, 2.45) is 5.10 Å². The van der Waals surface area contributed by atoms with Gasteiger partial charge in [0.25, 0.3) is 0 Å². The van der Waals surface area contributed by atoms with Crippen LogP contribution in [0.25, 0.3) is 0 Å². The highest BCUT2D eigenvalue weighted by Crippen LogP contribution is 2.42. The highest BCUT2D eigenvalue weighted by atomic mass is 16.5. The lowest BCUT2D eigenvalue weighted by Crippen LogP contribution is -2.43. The van der Waals surface area contributed by atoms with Crippen molar-refractivity contribution in [3.63, 3.8) is 0 Å². The monoisotopic (exact) mass is 320 g/mol. The summed E-state index contributed by atoms with van der Waals surface area (Å²) in [6.45, 7) is 0. The number of nitrogens with one attached hydrogen (secondary N) is 1. The van der Waals surface area contributed by atoms with Crippen LogP contribution in [0.3, 0.4) is 0 Å². The summed E-state index contributed by atoms with van der Waals surface area (Å²) in [6, 6.07) is 14.7. The minimum absolute atomic E-state index is 0.0674. The summed E-state index contributed by atoms with van der Waals surface area (Å²) in [7, 11) is 1.59. The van der Waals surface area contributed by atoms with Gasteiger partial charge in [0.15, 0.2) is 0 Å². The third-order valence-corrected chi connectivity index (χ3v) is 4.02. The van der Waals surface area contributed by atoms with Gasteiger partial charge in [-0.25, -0.2) is 4.79 Å². The molecule has 0 saturated carbocycles. The third kappa shape index (κ3) is 2.28. The van der Waals surface area contributed by atoms with Gasteiger partial charge in [0.1, 0.15) is 11.8 Å². The second-order valence-electron chi connectivity index (χ2n) is 5.45. The first-order chi connectivity index (χ1) is 11.8. The quantitative estimate of drug-likeness (QED) is 0.920. The smallest absolute Gasteiger partial charge is 0.346 e. The van der Waals surface area contributed by atoms with Gasteiger partial charge in [-0.05, 0) is 24.3 Å². The second-order valence-corrected chi connectivity index (χ2v) is 5.45. The van der Waals surface area contributed by atoms with Crippen molar-refractivity contribution in [3.8, 4) is 5.75 Å². The number of hydrogen-bond acceptors (Lipinski definition) is 4. The second kappa shape index (κ2) is 5.73. The number of para-hydroxylation sites is 1. The molecule has 6 heteroatoms. The van der Waals surface area contributed by atoms with E-state index in [4.69, 9.17) is 4.74 Å². The molecule has 2 aliphatic heterocycles. The summed E-state index contributed by atoms with van der Waals surface area (Å²) in [5, 5.41) is 10.5. The minimum Gasteiger partial charge on any atom is -0.497 e. The molecule has 0 fully saturated rings. The van der Waals surface area contributed by atoms with Gasteiger partial charge >= 0.3 is 6.03 Å². The first-order valence-corrected chi connectivity index (χ1v) is 7.62. The molecule has 2 aromatic rings. The summed E-state index contributed by atoms with van der Waals surface area (Å²) in [4.78, 5) is 12.9. The molecule has 6 nitrogen and oxygen atoms in total. The Balaban J connectivity index is 1.66. The number of hydrogen-bond donors (Lipinski definition) is 1. The Morgan fingerprint density at radius 1 is 1.21 bits per heavy atom. The molecule has 24 heavy (non-hydrogen) atoms. The lowest BCUT2D eigenvalue weighted by Gasteiger charge is -2.29. The zero-order chi connectivity index (χ0) is 16.5. The molecule has 1 N–H and O–H groups in total. The number of allylic oxidation sites excluding steroid dienone is 1. The van der Waals surface area contributed by atoms with Crippen molar-refractivity contribution in [3.05, 3.63) is 66.2 Å². The van der Waals surface area contributed by atoms with Crippen molar-refractivity contribution in [1.82, 2.24) is 5.12 Å². The Hall–Kier alpha value is -3.28. The van der Waals surface area contributed by atoms with Crippen LogP contribution in [0, 0.1) is 0 Å². The van der Waals surface area contributed by atoms with E-state index in [1.807, 2.05) is 54.6 Å². The standard InChI is InChI=1S/C18H16N4O2/c1-24-14-7-4-6-13(12-14)20-18(23)21-16-9-3-2-8-15(16)17-10-5-11-19-22(17)21/h2-12,17H,1H3,(H,20,23). The predicted molar refractivity (Wildman–Crippen MR) is 93.1 cm³/mol. The van der Waals surface area contributed by atoms with Gasteiger partial charge in [-0.15, -0.1) is 0 Å². The van der Waals surface area contributed by atoms with Crippen LogP contribution in [0.2, 0.25) is 0 Å². The van der Waals surface area contributed by atoms with Crippen LogP contribution in [0.4, 0.5) is 16.2 Å². The summed E-state index contributed by atoms with van der Waals surface area (Å²) in [5.41, 5.74) is 2.54. The topological polar surface area (TPSA) is 57.2 Å². The number of anilines is 2. The minimum atomic E-state index is -0.273. The average Bonchev–Trinajstić information content (AvgIpc) is 2.96. The van der Waals surface area contributed by atoms with Gasteiger partial charge in [-0.3, -0.25) is 0 Å². The van der Waals surface area contributed by atoms with Gasteiger partial charge in [0.2, 0.25) is 0 Å². The molecular weight excluding hydrogens is 304 g/mol.